The van der Waals surface area contributed by atoms with Crippen LogP contribution in [0.3, 0.4) is 0 Å². The highest BCUT2D eigenvalue weighted by Crippen LogP contribution is 2.36. The van der Waals surface area contributed by atoms with Crippen LogP contribution in [-0.4, -0.2) is 44.3 Å². The molecule has 1 atom stereocenters. The lowest BCUT2D eigenvalue weighted by Gasteiger charge is -2.41. The number of nitrogens with zero attached hydrogens (tertiary/aromatic N) is 1. The fraction of sp³-hybridized carbons (Fsp3) is 0.667. The van der Waals surface area contributed by atoms with Crippen molar-refractivity contribution in [2.45, 2.75) is 32.7 Å². The first-order valence-corrected chi connectivity index (χ1v) is 8.35. The van der Waals surface area contributed by atoms with Crippen molar-refractivity contribution in [2.24, 2.45) is 5.92 Å². The van der Waals surface area contributed by atoms with Crippen molar-refractivity contribution >= 4 is 0 Å². The summed E-state index contributed by atoms with van der Waals surface area (Å²) in [6, 6.07) is 7.55. The summed E-state index contributed by atoms with van der Waals surface area (Å²) >= 11 is 0. The molecule has 2 heterocycles. The van der Waals surface area contributed by atoms with Gasteiger partial charge in [0.2, 0.25) is 0 Å². The molecule has 0 saturated carbocycles. The Hall–Kier alpha value is -0.900. The van der Waals surface area contributed by atoms with Crippen molar-refractivity contribution < 1.29 is 4.74 Å². The minimum atomic E-state index is 0.566. The van der Waals surface area contributed by atoms with Crippen molar-refractivity contribution in [3.8, 4) is 0 Å². The van der Waals surface area contributed by atoms with Crippen LogP contribution in [-0.2, 0) is 4.74 Å². The number of piperazine rings is 1. The van der Waals surface area contributed by atoms with Crippen LogP contribution in [0.2, 0.25) is 0 Å². The van der Waals surface area contributed by atoms with Crippen LogP contribution in [0.5, 0.6) is 0 Å². The summed E-state index contributed by atoms with van der Waals surface area (Å²) in [5, 5.41) is 3.48. The normalized spacial score (nSPS) is 23.1. The standard InChI is InChI=1S/C18H28N2O/c1-14-3-4-17(15(2)13-14)18(16-5-11-21-12-6-16)20-9-7-19-8-10-20/h3-4,13,16,18-19H,5-12H2,1-2H3/t18-/m0/s1. The maximum absolute atomic E-state index is 5.59. The van der Waals surface area contributed by atoms with Gasteiger partial charge in [0.1, 0.15) is 0 Å². The van der Waals surface area contributed by atoms with Crippen molar-refractivity contribution in [1.29, 1.82) is 0 Å². The number of hydrogen-bond acceptors (Lipinski definition) is 3. The molecule has 0 aromatic heterocycles. The third-order valence-electron chi connectivity index (χ3n) is 5.00. The van der Waals surface area contributed by atoms with E-state index < -0.39 is 0 Å². The lowest BCUT2D eigenvalue weighted by atomic mass is 9.83. The van der Waals surface area contributed by atoms with Gasteiger partial charge in [-0.15, -0.1) is 0 Å². The second-order valence-electron chi connectivity index (χ2n) is 6.54. The summed E-state index contributed by atoms with van der Waals surface area (Å²) in [6.07, 6.45) is 2.39. The quantitative estimate of drug-likeness (QED) is 0.925. The number of hydrogen-bond donors (Lipinski definition) is 1. The number of aryl methyl sites for hydroxylation is 2. The van der Waals surface area contributed by atoms with E-state index in [1.54, 1.807) is 0 Å². The Morgan fingerprint density at radius 3 is 2.52 bits per heavy atom. The Labute approximate surface area is 128 Å². The molecule has 0 unspecified atom stereocenters. The molecule has 116 valence electrons. The average molecular weight is 288 g/mol. The predicted molar refractivity (Wildman–Crippen MR) is 86.6 cm³/mol. The van der Waals surface area contributed by atoms with Crippen LogP contribution in [0.4, 0.5) is 0 Å². The Bertz CT molecular complexity index is 444. The highest BCUT2D eigenvalue weighted by atomic mass is 16.5. The molecule has 2 aliphatic rings. The minimum absolute atomic E-state index is 0.566. The fourth-order valence-electron chi connectivity index (χ4n) is 3.90. The van der Waals surface area contributed by atoms with E-state index in [-0.39, 0.29) is 0 Å². The summed E-state index contributed by atoms with van der Waals surface area (Å²) in [4.78, 5) is 2.70. The molecule has 3 nitrogen and oxygen atoms in total. The Morgan fingerprint density at radius 1 is 1.14 bits per heavy atom. The molecule has 2 fully saturated rings. The van der Waals surface area contributed by atoms with Crippen LogP contribution in [0, 0.1) is 19.8 Å². The van der Waals surface area contributed by atoms with E-state index >= 15 is 0 Å². The summed E-state index contributed by atoms with van der Waals surface area (Å²) in [6.45, 7) is 10.9. The lowest BCUT2D eigenvalue weighted by molar-refractivity contribution is 0.0211. The van der Waals surface area contributed by atoms with Crippen molar-refractivity contribution in [3.05, 3.63) is 34.9 Å². The second kappa shape index (κ2) is 6.91. The Morgan fingerprint density at radius 2 is 1.86 bits per heavy atom. The summed E-state index contributed by atoms with van der Waals surface area (Å²) in [7, 11) is 0. The summed E-state index contributed by atoms with van der Waals surface area (Å²) in [5.74, 6) is 0.734. The molecule has 2 aliphatic heterocycles. The fourth-order valence-corrected chi connectivity index (χ4v) is 3.90. The highest BCUT2D eigenvalue weighted by molar-refractivity contribution is 5.33. The first-order chi connectivity index (χ1) is 10.3. The zero-order valence-corrected chi connectivity index (χ0v) is 13.4. The molecule has 1 aromatic rings. The van der Waals surface area contributed by atoms with Crippen molar-refractivity contribution in [3.63, 3.8) is 0 Å². The summed E-state index contributed by atoms with van der Waals surface area (Å²) in [5.41, 5.74) is 4.35. The molecular weight excluding hydrogens is 260 g/mol. The molecule has 0 amide bonds. The largest absolute Gasteiger partial charge is 0.381 e. The molecule has 0 bridgehead atoms. The van der Waals surface area contributed by atoms with Gasteiger partial charge in [-0.2, -0.15) is 0 Å². The topological polar surface area (TPSA) is 24.5 Å². The van der Waals surface area contributed by atoms with Gasteiger partial charge in [-0.3, -0.25) is 4.90 Å². The van der Waals surface area contributed by atoms with Gasteiger partial charge >= 0.3 is 0 Å². The predicted octanol–water partition coefficient (Wildman–Crippen LogP) is 2.68. The lowest BCUT2D eigenvalue weighted by Crippen LogP contribution is -2.47. The first-order valence-electron chi connectivity index (χ1n) is 8.35. The molecule has 0 radical (unpaired) electrons. The molecule has 1 N–H and O–H groups in total. The van der Waals surface area contributed by atoms with Gasteiger partial charge in [0, 0.05) is 45.4 Å². The first kappa shape index (κ1) is 15.0. The van der Waals surface area contributed by atoms with E-state index in [1.165, 1.54) is 29.5 Å². The van der Waals surface area contributed by atoms with Gasteiger partial charge in [-0.1, -0.05) is 23.8 Å². The molecule has 0 spiro atoms. The average Bonchev–Trinajstić information content (AvgIpc) is 2.52. The van der Waals surface area contributed by atoms with E-state index in [1.807, 2.05) is 0 Å². The summed E-state index contributed by atoms with van der Waals surface area (Å²) < 4.78 is 5.59. The third-order valence-corrected chi connectivity index (χ3v) is 5.00. The van der Waals surface area contributed by atoms with E-state index in [2.05, 4.69) is 42.3 Å². The minimum Gasteiger partial charge on any atom is -0.381 e. The molecule has 2 saturated heterocycles. The number of rotatable bonds is 3. The van der Waals surface area contributed by atoms with Crippen LogP contribution >= 0.6 is 0 Å². The monoisotopic (exact) mass is 288 g/mol. The molecule has 1 aromatic carbocycles. The van der Waals surface area contributed by atoms with Crippen LogP contribution in [0.1, 0.15) is 35.6 Å². The van der Waals surface area contributed by atoms with Gasteiger partial charge in [0.15, 0.2) is 0 Å². The molecular formula is C18H28N2O. The zero-order chi connectivity index (χ0) is 14.7. The Kier molecular flexibility index (Phi) is 4.94. The van der Waals surface area contributed by atoms with E-state index in [4.69, 9.17) is 4.74 Å². The van der Waals surface area contributed by atoms with Crippen molar-refractivity contribution in [2.75, 3.05) is 39.4 Å². The van der Waals surface area contributed by atoms with Crippen LogP contribution in [0.25, 0.3) is 0 Å². The van der Waals surface area contributed by atoms with E-state index in [9.17, 15) is 0 Å². The maximum Gasteiger partial charge on any atom is 0.0469 e. The van der Waals surface area contributed by atoms with Gasteiger partial charge < -0.3 is 10.1 Å². The van der Waals surface area contributed by atoms with E-state index in [0.29, 0.717) is 6.04 Å². The van der Waals surface area contributed by atoms with Gasteiger partial charge in [0.05, 0.1) is 0 Å². The maximum atomic E-state index is 5.59. The van der Waals surface area contributed by atoms with E-state index in [0.717, 1.165) is 45.3 Å². The second-order valence-corrected chi connectivity index (χ2v) is 6.54. The highest BCUT2D eigenvalue weighted by Gasteiger charge is 2.31. The van der Waals surface area contributed by atoms with Gasteiger partial charge in [0.25, 0.3) is 0 Å². The number of nitrogens with one attached hydrogen (secondary N) is 1. The number of benzene rings is 1. The van der Waals surface area contributed by atoms with Crippen LogP contribution < -0.4 is 5.32 Å². The molecule has 0 aliphatic carbocycles. The molecule has 21 heavy (non-hydrogen) atoms. The molecule has 3 rings (SSSR count). The number of ether oxygens (including phenoxy) is 1. The smallest absolute Gasteiger partial charge is 0.0469 e. The Balaban J connectivity index is 1.89. The van der Waals surface area contributed by atoms with Gasteiger partial charge in [-0.05, 0) is 43.7 Å². The van der Waals surface area contributed by atoms with Gasteiger partial charge in [-0.25, -0.2) is 0 Å². The third kappa shape index (κ3) is 3.47. The zero-order valence-electron chi connectivity index (χ0n) is 13.4. The van der Waals surface area contributed by atoms with Crippen molar-refractivity contribution in [1.82, 2.24) is 10.2 Å². The SMILES string of the molecule is Cc1ccc([C@H](C2CCOCC2)N2CCNCC2)c(C)c1. The molecule has 3 heteroatoms. The van der Waals surface area contributed by atoms with Crippen LogP contribution in [0.15, 0.2) is 18.2 Å².